The highest BCUT2D eigenvalue weighted by Gasteiger charge is 2.10. The van der Waals surface area contributed by atoms with Crippen LogP contribution in [0, 0.1) is 0 Å². The molecule has 0 bridgehead atoms. The van der Waals surface area contributed by atoms with Crippen LogP contribution in [-0.4, -0.2) is 6.26 Å². The van der Waals surface area contributed by atoms with Crippen LogP contribution in [0.25, 0.3) is 0 Å². The fourth-order valence-electron chi connectivity index (χ4n) is 1.03. The van der Waals surface area contributed by atoms with Gasteiger partial charge in [0.25, 0.3) is 0 Å². The minimum absolute atomic E-state index is 0.524. The van der Waals surface area contributed by atoms with Gasteiger partial charge in [-0.3, -0.25) is 0 Å². The fourth-order valence-corrected chi connectivity index (χ4v) is 3.63. The molecule has 0 N–H and O–H groups in total. The van der Waals surface area contributed by atoms with Gasteiger partial charge in [0.2, 0.25) is 0 Å². The van der Waals surface area contributed by atoms with Crippen molar-refractivity contribution in [1.82, 2.24) is 0 Å². The van der Waals surface area contributed by atoms with Crippen molar-refractivity contribution >= 4 is 45.6 Å². The number of hydrogen-bond acceptors (Lipinski definition) is 4. The van der Waals surface area contributed by atoms with E-state index in [1.807, 2.05) is 23.1 Å². The van der Waals surface area contributed by atoms with Crippen molar-refractivity contribution in [3.05, 3.63) is 21.9 Å². The third-order valence-corrected chi connectivity index (χ3v) is 5.00. The van der Waals surface area contributed by atoms with Crippen LogP contribution in [-0.2, 0) is 5.75 Å². The Morgan fingerprint density at radius 2 is 2.42 bits per heavy atom. The predicted octanol–water partition coefficient (Wildman–Crippen LogP) is 4.25. The van der Waals surface area contributed by atoms with Gasteiger partial charge in [0.15, 0.2) is 0 Å². The first kappa shape index (κ1) is 10.8. The minimum Gasteiger partial charge on any atom is -0.161 e. The van der Waals surface area contributed by atoms with Gasteiger partial charge in [0, 0.05) is 15.9 Å². The van der Waals surface area contributed by atoms with Crippen molar-refractivity contribution in [2.75, 3.05) is 6.26 Å². The van der Waals surface area contributed by atoms with E-state index >= 15 is 0 Å². The molecule has 0 fully saturated rings. The van der Waals surface area contributed by atoms with Gasteiger partial charge in [-0.2, -0.15) is 11.8 Å². The lowest BCUT2D eigenvalue weighted by molar-refractivity contribution is 1.12. The van der Waals surface area contributed by atoms with E-state index in [0.717, 1.165) is 5.75 Å². The average Bonchev–Trinajstić information content (AvgIpc) is 2.52. The van der Waals surface area contributed by atoms with Crippen LogP contribution in [0.4, 0.5) is 0 Å². The zero-order valence-electron chi connectivity index (χ0n) is 7.11. The second kappa shape index (κ2) is 5.47. The van der Waals surface area contributed by atoms with Crippen LogP contribution in [0.3, 0.4) is 0 Å². The van der Waals surface area contributed by atoms with E-state index in [4.69, 9.17) is 0 Å². The quantitative estimate of drug-likeness (QED) is 0.613. The highest BCUT2D eigenvalue weighted by molar-refractivity contribution is 8.68. The third kappa shape index (κ3) is 2.62. The van der Waals surface area contributed by atoms with Crippen LogP contribution >= 0.6 is 45.6 Å². The van der Waals surface area contributed by atoms with E-state index in [9.17, 15) is 0 Å². The number of rotatable bonds is 4. The van der Waals surface area contributed by atoms with Crippen LogP contribution in [0.15, 0.2) is 11.4 Å². The smallest absolute Gasteiger partial charge is 0.0467 e. The summed E-state index contributed by atoms with van der Waals surface area (Å²) < 4.78 is 0. The number of hydrogen-bond donors (Lipinski definition) is 1. The van der Waals surface area contributed by atoms with Gasteiger partial charge in [-0.1, -0.05) is 10.8 Å². The molecule has 12 heavy (non-hydrogen) atoms. The van der Waals surface area contributed by atoms with Crippen LogP contribution in [0.2, 0.25) is 0 Å². The van der Waals surface area contributed by atoms with E-state index in [-0.39, 0.29) is 0 Å². The molecule has 0 aromatic carbocycles. The monoisotopic (exact) mass is 236 g/mol. The molecule has 0 aliphatic heterocycles. The molecule has 0 aliphatic rings. The number of thiophene rings is 1. The first-order chi connectivity index (χ1) is 5.79. The molecule has 0 saturated heterocycles. The van der Waals surface area contributed by atoms with Gasteiger partial charge in [-0.15, -0.1) is 23.0 Å². The zero-order chi connectivity index (χ0) is 8.97. The van der Waals surface area contributed by atoms with E-state index in [0.29, 0.717) is 5.25 Å². The Balaban J connectivity index is 2.76. The van der Waals surface area contributed by atoms with E-state index in [1.54, 1.807) is 10.8 Å². The molecule has 1 aromatic heterocycles. The summed E-state index contributed by atoms with van der Waals surface area (Å²) in [6.45, 7) is 2.20. The summed E-state index contributed by atoms with van der Waals surface area (Å²) in [6.07, 6.45) is 2.14. The molecule has 0 aliphatic carbocycles. The van der Waals surface area contributed by atoms with Gasteiger partial charge >= 0.3 is 0 Å². The van der Waals surface area contributed by atoms with Gasteiger partial charge < -0.3 is 0 Å². The lowest BCUT2D eigenvalue weighted by Gasteiger charge is -2.07. The molecule has 1 atom stereocenters. The second-order valence-corrected chi connectivity index (χ2v) is 5.85. The normalized spacial score (nSPS) is 13.2. The third-order valence-electron chi connectivity index (χ3n) is 1.61. The Bertz CT molecular complexity index is 231. The predicted molar refractivity (Wildman–Crippen MR) is 66.5 cm³/mol. The maximum Gasteiger partial charge on any atom is 0.0467 e. The molecule has 1 heterocycles. The highest BCUT2D eigenvalue weighted by atomic mass is 33.1. The van der Waals surface area contributed by atoms with Crippen molar-refractivity contribution in [1.29, 1.82) is 0 Å². The van der Waals surface area contributed by atoms with E-state index < -0.39 is 0 Å². The first-order valence-electron chi connectivity index (χ1n) is 3.65. The SMILES string of the molecule is CSCc1ccsc1C(C)SS. The van der Waals surface area contributed by atoms with Crippen LogP contribution in [0.5, 0.6) is 0 Å². The fraction of sp³-hybridized carbons (Fsp3) is 0.500. The summed E-state index contributed by atoms with van der Waals surface area (Å²) in [5.41, 5.74) is 1.47. The van der Waals surface area contributed by atoms with E-state index in [1.165, 1.54) is 10.4 Å². The molecule has 4 heteroatoms. The molecule has 0 nitrogen and oxygen atoms in total. The number of thiol groups is 1. The maximum atomic E-state index is 4.23. The molecule has 0 spiro atoms. The number of thioether (sulfide) groups is 1. The molecule has 1 unspecified atom stereocenters. The Labute approximate surface area is 91.3 Å². The molecule has 1 rings (SSSR count). The lowest BCUT2D eigenvalue weighted by Crippen LogP contribution is -1.86. The van der Waals surface area contributed by atoms with Crippen molar-refractivity contribution in [2.24, 2.45) is 0 Å². The second-order valence-electron chi connectivity index (χ2n) is 2.49. The molecule has 0 saturated carbocycles. The largest absolute Gasteiger partial charge is 0.161 e. The van der Waals surface area contributed by atoms with Crippen molar-refractivity contribution in [3.63, 3.8) is 0 Å². The Morgan fingerprint density at radius 1 is 1.67 bits per heavy atom. The van der Waals surface area contributed by atoms with Gasteiger partial charge in [0.05, 0.1) is 0 Å². The van der Waals surface area contributed by atoms with Crippen molar-refractivity contribution < 1.29 is 0 Å². The molecule has 0 amide bonds. The highest BCUT2D eigenvalue weighted by Crippen LogP contribution is 2.37. The van der Waals surface area contributed by atoms with Crippen molar-refractivity contribution in [2.45, 2.75) is 17.9 Å². The Kier molecular flexibility index (Phi) is 4.94. The van der Waals surface area contributed by atoms with Crippen molar-refractivity contribution in [3.8, 4) is 0 Å². The molecule has 1 aromatic rings. The Morgan fingerprint density at radius 3 is 3.00 bits per heavy atom. The summed E-state index contributed by atoms with van der Waals surface area (Å²) in [6, 6.07) is 2.22. The summed E-state index contributed by atoms with van der Waals surface area (Å²) in [5, 5.41) is 2.69. The lowest BCUT2D eigenvalue weighted by atomic mass is 10.2. The topological polar surface area (TPSA) is 0 Å². The van der Waals surface area contributed by atoms with Gasteiger partial charge in [-0.25, -0.2) is 0 Å². The summed E-state index contributed by atoms with van der Waals surface area (Å²) in [7, 11) is 1.62. The standard InChI is InChI=1S/C8H12S4/c1-6(12-9)8-7(5-10-2)3-4-11-8/h3-4,6,9H,5H2,1-2H3. The summed E-state index contributed by atoms with van der Waals surface area (Å²) in [5.74, 6) is 1.12. The zero-order valence-corrected chi connectivity index (χ0v) is 10.5. The molecular formula is C8H12S4. The molecule has 68 valence electrons. The van der Waals surface area contributed by atoms with Gasteiger partial charge in [0.1, 0.15) is 0 Å². The van der Waals surface area contributed by atoms with Crippen LogP contribution < -0.4 is 0 Å². The minimum atomic E-state index is 0.524. The van der Waals surface area contributed by atoms with E-state index in [2.05, 4.69) is 36.3 Å². The summed E-state index contributed by atoms with van der Waals surface area (Å²) in [4.78, 5) is 1.48. The van der Waals surface area contributed by atoms with Crippen LogP contribution in [0.1, 0.15) is 22.6 Å². The van der Waals surface area contributed by atoms with Gasteiger partial charge in [-0.05, 0) is 30.2 Å². The molecule has 0 radical (unpaired) electrons. The maximum absolute atomic E-state index is 4.23. The molecular weight excluding hydrogens is 224 g/mol. The first-order valence-corrected chi connectivity index (χ1v) is 7.85. The Hall–Kier alpha value is 0.750. The summed E-state index contributed by atoms with van der Waals surface area (Å²) >= 11 is 7.95. The average molecular weight is 236 g/mol.